The first-order valence-corrected chi connectivity index (χ1v) is 10.6. The molecule has 0 aliphatic carbocycles. The van der Waals surface area contributed by atoms with E-state index in [9.17, 15) is 4.79 Å². The van der Waals surface area contributed by atoms with E-state index in [4.69, 9.17) is 4.74 Å². The molecule has 162 valence electrons. The highest BCUT2D eigenvalue weighted by molar-refractivity contribution is 6.00. The van der Waals surface area contributed by atoms with Crippen molar-refractivity contribution >= 4 is 5.91 Å². The van der Waals surface area contributed by atoms with Gasteiger partial charge in [0.1, 0.15) is 5.54 Å². The van der Waals surface area contributed by atoms with Gasteiger partial charge in [0.25, 0.3) is 5.91 Å². The van der Waals surface area contributed by atoms with E-state index in [2.05, 4.69) is 22.3 Å². The summed E-state index contributed by atoms with van der Waals surface area (Å²) in [6.45, 7) is 5.02. The molecule has 6 nitrogen and oxygen atoms in total. The number of ether oxygens (including phenoxy) is 1. The molecule has 0 saturated carbocycles. The number of carbonyl (C=O) groups excluding carboxylic acids is 1. The lowest BCUT2D eigenvalue weighted by Gasteiger charge is -2.33. The Kier molecular flexibility index (Phi) is 5.87. The monoisotopic (exact) mass is 422 g/mol. The van der Waals surface area contributed by atoms with Crippen LogP contribution >= 0.6 is 0 Å². The maximum Gasteiger partial charge on any atom is 0.254 e. The summed E-state index contributed by atoms with van der Waals surface area (Å²) in [6.07, 6.45) is 3.25. The topological polar surface area (TPSA) is 69.0 Å². The predicted molar refractivity (Wildman–Crippen MR) is 116 cm³/mol. The van der Waals surface area contributed by atoms with Gasteiger partial charge in [0.15, 0.2) is 6.17 Å². The van der Waals surface area contributed by atoms with Crippen LogP contribution in [0.15, 0.2) is 48.8 Å². The van der Waals surface area contributed by atoms with Crippen molar-refractivity contribution in [3.8, 4) is 11.4 Å². The summed E-state index contributed by atoms with van der Waals surface area (Å²) < 4.78 is 23.4. The number of hydrogen-bond donors (Lipinski definition) is 1. The van der Waals surface area contributed by atoms with Gasteiger partial charge in [-0.1, -0.05) is 44.2 Å². The number of aromatic nitrogens is 3. The highest BCUT2D eigenvalue weighted by Gasteiger charge is 2.49. The summed E-state index contributed by atoms with van der Waals surface area (Å²) in [7, 11) is 1.84. The zero-order valence-electron chi connectivity index (χ0n) is 18.1. The first-order valence-electron chi connectivity index (χ1n) is 10.6. The quantitative estimate of drug-likeness (QED) is 0.544. The number of nitrogens with zero attached hydrogens (tertiary/aromatic N) is 3. The Hall–Kier alpha value is -3.06. The zero-order chi connectivity index (χ0) is 22.0. The van der Waals surface area contributed by atoms with E-state index in [1.165, 1.54) is 0 Å². The van der Waals surface area contributed by atoms with Gasteiger partial charge in [-0.15, -0.1) is 0 Å². The van der Waals surface area contributed by atoms with Crippen LogP contribution in [0.3, 0.4) is 0 Å². The van der Waals surface area contributed by atoms with Crippen LogP contribution in [0, 0.1) is 0 Å². The van der Waals surface area contributed by atoms with Crippen molar-refractivity contribution in [1.82, 2.24) is 20.1 Å². The minimum atomic E-state index is -1.39. The van der Waals surface area contributed by atoms with E-state index in [0.29, 0.717) is 42.0 Å². The van der Waals surface area contributed by atoms with Crippen molar-refractivity contribution in [2.24, 2.45) is 7.05 Å². The second-order valence-corrected chi connectivity index (χ2v) is 7.86. The lowest BCUT2D eigenvalue weighted by Crippen LogP contribution is -2.42. The van der Waals surface area contributed by atoms with Gasteiger partial charge in [-0.25, -0.2) is 4.39 Å². The third-order valence-corrected chi connectivity index (χ3v) is 5.91. The van der Waals surface area contributed by atoms with Crippen LogP contribution in [0.25, 0.3) is 11.4 Å². The number of halogens is 1. The number of fused-ring (bicyclic) bond motifs is 1. The first kappa shape index (κ1) is 21.2. The molecule has 0 radical (unpaired) electrons. The second-order valence-electron chi connectivity index (χ2n) is 7.86. The second kappa shape index (κ2) is 8.59. The summed E-state index contributed by atoms with van der Waals surface area (Å²) in [5.74, 6) is -0.300. The molecule has 3 heterocycles. The minimum absolute atomic E-state index is 0.300. The van der Waals surface area contributed by atoms with Crippen molar-refractivity contribution in [3.05, 3.63) is 71.0 Å². The predicted octanol–water partition coefficient (Wildman–Crippen LogP) is 4.47. The molecule has 0 spiro atoms. The Balaban J connectivity index is 1.79. The molecule has 0 saturated heterocycles. The van der Waals surface area contributed by atoms with Crippen LogP contribution in [0.4, 0.5) is 4.39 Å². The maximum atomic E-state index is 15.9. The Labute approximate surface area is 181 Å². The van der Waals surface area contributed by atoms with Crippen LogP contribution in [0.2, 0.25) is 0 Å². The largest absolute Gasteiger partial charge is 0.377 e. The third kappa shape index (κ3) is 3.63. The fourth-order valence-corrected chi connectivity index (χ4v) is 4.28. The van der Waals surface area contributed by atoms with E-state index in [-0.39, 0.29) is 5.91 Å². The van der Waals surface area contributed by atoms with Crippen LogP contribution < -0.4 is 5.32 Å². The maximum absolute atomic E-state index is 15.9. The number of pyridine rings is 1. The molecule has 1 aromatic carbocycles. The number of nitrogens with one attached hydrogen (secondary N) is 1. The summed E-state index contributed by atoms with van der Waals surface area (Å²) in [6, 6.07) is 10.8. The van der Waals surface area contributed by atoms with E-state index in [1.54, 1.807) is 41.3 Å². The van der Waals surface area contributed by atoms with Crippen LogP contribution in [-0.2, 0) is 23.9 Å². The average molecular weight is 423 g/mol. The molecule has 1 amide bonds. The normalized spacial score (nSPS) is 18.6. The van der Waals surface area contributed by atoms with E-state index >= 15 is 4.39 Å². The molecule has 1 aliphatic rings. The van der Waals surface area contributed by atoms with E-state index in [0.717, 1.165) is 17.7 Å². The summed E-state index contributed by atoms with van der Waals surface area (Å²) in [5, 5.41) is 7.28. The van der Waals surface area contributed by atoms with Gasteiger partial charge in [-0.05, 0) is 30.0 Å². The summed E-state index contributed by atoms with van der Waals surface area (Å²) >= 11 is 0. The van der Waals surface area contributed by atoms with Crippen LogP contribution in [-0.4, -0.2) is 27.3 Å². The van der Waals surface area contributed by atoms with Gasteiger partial charge in [0, 0.05) is 25.4 Å². The number of hydrogen-bond acceptors (Lipinski definition) is 4. The van der Waals surface area contributed by atoms with Gasteiger partial charge in [0.2, 0.25) is 0 Å². The van der Waals surface area contributed by atoms with Gasteiger partial charge < -0.3 is 10.1 Å². The Morgan fingerprint density at radius 2 is 2.00 bits per heavy atom. The average Bonchev–Trinajstić information content (AvgIpc) is 3.31. The van der Waals surface area contributed by atoms with Crippen molar-refractivity contribution in [1.29, 1.82) is 0 Å². The van der Waals surface area contributed by atoms with Gasteiger partial charge in [-0.3, -0.25) is 14.5 Å². The molecule has 31 heavy (non-hydrogen) atoms. The molecule has 0 fully saturated rings. The first-order chi connectivity index (χ1) is 15.0. The SMILES string of the molecule is CCCOCc1cnn(C)c1-c1cc2c(cn1)C(=O)NC2(CC)C(F)c1ccccc1. The van der Waals surface area contributed by atoms with Gasteiger partial charge >= 0.3 is 0 Å². The van der Waals surface area contributed by atoms with Gasteiger partial charge in [0.05, 0.1) is 29.8 Å². The Bertz CT molecular complexity index is 1080. The lowest BCUT2D eigenvalue weighted by molar-refractivity contribution is 0.0848. The molecule has 2 atom stereocenters. The fraction of sp³-hybridized carbons (Fsp3) is 0.375. The number of benzene rings is 1. The zero-order valence-corrected chi connectivity index (χ0v) is 18.1. The molecule has 2 unspecified atom stereocenters. The molecule has 4 rings (SSSR count). The highest BCUT2D eigenvalue weighted by atomic mass is 19.1. The number of amides is 1. The van der Waals surface area contributed by atoms with Crippen LogP contribution in [0.1, 0.15) is 59.9 Å². The summed E-state index contributed by atoms with van der Waals surface area (Å²) in [4.78, 5) is 17.3. The molecule has 3 aromatic rings. The summed E-state index contributed by atoms with van der Waals surface area (Å²) in [5.41, 5.74) is 2.77. The van der Waals surface area contributed by atoms with Crippen molar-refractivity contribution in [3.63, 3.8) is 0 Å². The fourth-order valence-electron chi connectivity index (χ4n) is 4.28. The number of rotatable bonds is 8. The van der Waals surface area contributed by atoms with Crippen molar-refractivity contribution < 1.29 is 13.9 Å². The molecular weight excluding hydrogens is 395 g/mol. The van der Waals surface area contributed by atoms with Crippen LogP contribution in [0.5, 0.6) is 0 Å². The minimum Gasteiger partial charge on any atom is -0.377 e. The number of aryl methyl sites for hydroxylation is 1. The number of carbonyl (C=O) groups is 1. The Morgan fingerprint density at radius 3 is 2.71 bits per heavy atom. The van der Waals surface area contributed by atoms with E-state index in [1.807, 2.05) is 26.1 Å². The molecule has 0 bridgehead atoms. The molecule has 1 N–H and O–H groups in total. The molecule has 2 aromatic heterocycles. The van der Waals surface area contributed by atoms with Crippen molar-refractivity contribution in [2.45, 2.75) is 45.0 Å². The third-order valence-electron chi connectivity index (χ3n) is 5.91. The highest BCUT2D eigenvalue weighted by Crippen LogP contribution is 2.46. The molecule has 7 heteroatoms. The van der Waals surface area contributed by atoms with E-state index < -0.39 is 11.7 Å². The number of alkyl halides is 1. The standard InChI is InChI=1S/C24H27FN4O2/c1-4-11-31-15-17-13-27-29(3)21(17)20-12-19-18(14-26-20)23(30)28-24(19,5-2)22(25)16-9-7-6-8-10-16/h6-10,12-14,22H,4-5,11,15H2,1-3H3,(H,28,30). The molecular formula is C24H27FN4O2. The Morgan fingerprint density at radius 1 is 1.23 bits per heavy atom. The lowest BCUT2D eigenvalue weighted by atomic mass is 9.81. The van der Waals surface area contributed by atoms with Crippen molar-refractivity contribution in [2.75, 3.05) is 6.61 Å². The van der Waals surface area contributed by atoms with Gasteiger partial charge in [-0.2, -0.15) is 5.10 Å². The smallest absolute Gasteiger partial charge is 0.254 e. The molecule has 1 aliphatic heterocycles.